The van der Waals surface area contributed by atoms with E-state index in [0.717, 1.165) is 4.73 Å². The van der Waals surface area contributed by atoms with Crippen LogP contribution in [0, 0.1) is 0 Å². The predicted molar refractivity (Wildman–Crippen MR) is 97.2 cm³/mol. The average Bonchev–Trinajstić information content (AvgIpc) is 2.87. The summed E-state index contributed by atoms with van der Waals surface area (Å²) in [4.78, 5) is 12.8. The van der Waals surface area contributed by atoms with Crippen LogP contribution >= 0.6 is 0 Å². The summed E-state index contributed by atoms with van der Waals surface area (Å²) >= 11 is 0. The molecule has 3 aromatic rings. The van der Waals surface area contributed by atoms with Gasteiger partial charge in [0.15, 0.2) is 5.75 Å². The molecule has 128 valence electrons. The van der Waals surface area contributed by atoms with Gasteiger partial charge in [-0.2, -0.15) is 4.73 Å². The van der Waals surface area contributed by atoms with Crippen molar-refractivity contribution in [1.29, 1.82) is 0 Å². The second-order valence-corrected chi connectivity index (χ2v) is 6.11. The van der Waals surface area contributed by atoms with Gasteiger partial charge in [-0.05, 0) is 18.1 Å². The molecule has 0 aliphatic rings. The van der Waals surface area contributed by atoms with Crippen LogP contribution in [-0.4, -0.2) is 21.0 Å². The number of carbonyl (C=O) groups excluding carboxylic acids is 1. The minimum Gasteiger partial charge on any atom is -0.505 e. The summed E-state index contributed by atoms with van der Waals surface area (Å²) in [6.07, 6.45) is 0. The molecule has 1 amide bonds. The average molecular weight is 336 g/mol. The zero-order chi connectivity index (χ0) is 18.0. The molecule has 25 heavy (non-hydrogen) atoms. The van der Waals surface area contributed by atoms with Crippen LogP contribution < -0.4 is 5.32 Å². The normalized spacial score (nSPS) is 10.8. The van der Waals surface area contributed by atoms with Crippen LogP contribution in [0.2, 0.25) is 0 Å². The number of amides is 1. The van der Waals surface area contributed by atoms with Crippen LogP contribution in [0.3, 0.4) is 0 Å². The summed E-state index contributed by atoms with van der Waals surface area (Å²) in [6.45, 7) is 3.71. The minimum absolute atomic E-state index is 0.0835. The van der Waals surface area contributed by atoms with E-state index in [9.17, 15) is 15.1 Å². The third kappa shape index (κ3) is 3.08. The second kappa shape index (κ2) is 6.73. The molecule has 0 fully saturated rings. The van der Waals surface area contributed by atoms with E-state index in [0.29, 0.717) is 16.9 Å². The van der Waals surface area contributed by atoms with E-state index in [1.807, 2.05) is 38.1 Å². The Hall–Kier alpha value is -3.21. The van der Waals surface area contributed by atoms with Crippen molar-refractivity contribution in [2.45, 2.75) is 19.8 Å². The molecule has 0 aliphatic heterocycles. The molecule has 0 saturated carbocycles. The highest BCUT2D eigenvalue weighted by atomic mass is 16.5. The van der Waals surface area contributed by atoms with Crippen molar-refractivity contribution in [3.8, 4) is 17.0 Å². The molecule has 1 aromatic heterocycles. The fourth-order valence-electron chi connectivity index (χ4n) is 2.89. The molecule has 3 N–H and O–H groups in total. The number of para-hydroxylation sites is 1. The zero-order valence-corrected chi connectivity index (χ0v) is 14.1. The van der Waals surface area contributed by atoms with E-state index < -0.39 is 5.91 Å². The number of benzene rings is 2. The molecule has 0 radical (unpaired) electrons. The topological polar surface area (TPSA) is 74.5 Å². The molecule has 5 heteroatoms. The molecular weight excluding hydrogens is 316 g/mol. The van der Waals surface area contributed by atoms with Crippen molar-refractivity contribution in [3.63, 3.8) is 0 Å². The van der Waals surface area contributed by atoms with Gasteiger partial charge in [0.2, 0.25) is 0 Å². The van der Waals surface area contributed by atoms with E-state index >= 15 is 0 Å². The number of hydrogen-bond acceptors (Lipinski definition) is 3. The van der Waals surface area contributed by atoms with Crippen molar-refractivity contribution in [1.82, 2.24) is 4.73 Å². The van der Waals surface area contributed by atoms with Gasteiger partial charge in [0, 0.05) is 11.3 Å². The molecular formula is C20H20N2O3. The van der Waals surface area contributed by atoms with E-state index in [1.54, 1.807) is 36.4 Å². The first-order chi connectivity index (χ1) is 12.0. The smallest absolute Gasteiger partial charge is 0.261 e. The quantitative estimate of drug-likeness (QED) is 0.615. The highest BCUT2D eigenvalue weighted by Gasteiger charge is 2.29. The molecule has 1 heterocycles. The number of hydrogen-bond donors (Lipinski definition) is 3. The van der Waals surface area contributed by atoms with Gasteiger partial charge in [0.1, 0.15) is 11.3 Å². The summed E-state index contributed by atoms with van der Waals surface area (Å²) in [7, 11) is 0. The lowest BCUT2D eigenvalue weighted by Gasteiger charge is -2.10. The fraction of sp³-hybridized carbons (Fsp3) is 0.150. The lowest BCUT2D eigenvalue weighted by Crippen LogP contribution is -2.15. The Bertz CT molecular complexity index is 884. The van der Waals surface area contributed by atoms with Crippen molar-refractivity contribution >= 4 is 11.6 Å². The van der Waals surface area contributed by atoms with Crippen LogP contribution in [-0.2, 0) is 0 Å². The molecule has 0 spiro atoms. The molecule has 0 unspecified atom stereocenters. The molecule has 2 aromatic carbocycles. The van der Waals surface area contributed by atoms with Gasteiger partial charge in [-0.25, -0.2) is 0 Å². The number of rotatable bonds is 4. The van der Waals surface area contributed by atoms with Gasteiger partial charge < -0.3 is 15.6 Å². The lowest BCUT2D eigenvalue weighted by molar-refractivity contribution is 0.102. The van der Waals surface area contributed by atoms with Gasteiger partial charge in [0.05, 0.1) is 5.69 Å². The van der Waals surface area contributed by atoms with E-state index in [2.05, 4.69) is 5.32 Å². The monoisotopic (exact) mass is 336 g/mol. The Morgan fingerprint density at radius 3 is 2.12 bits per heavy atom. The number of aromatic nitrogens is 1. The number of anilines is 1. The minimum atomic E-state index is -0.461. The van der Waals surface area contributed by atoms with Gasteiger partial charge >= 0.3 is 0 Å². The van der Waals surface area contributed by atoms with Crippen LogP contribution in [0.1, 0.15) is 35.8 Å². The van der Waals surface area contributed by atoms with E-state index in [1.165, 1.54) is 0 Å². The molecule has 3 rings (SSSR count). The van der Waals surface area contributed by atoms with E-state index in [-0.39, 0.29) is 22.9 Å². The van der Waals surface area contributed by atoms with E-state index in [4.69, 9.17) is 0 Å². The van der Waals surface area contributed by atoms with Crippen molar-refractivity contribution < 1.29 is 15.1 Å². The Morgan fingerprint density at radius 1 is 1.00 bits per heavy atom. The highest BCUT2D eigenvalue weighted by Crippen LogP contribution is 2.39. The summed E-state index contributed by atoms with van der Waals surface area (Å²) in [6, 6.07) is 18.0. The highest BCUT2D eigenvalue weighted by molar-refractivity contribution is 6.08. The molecule has 0 atom stereocenters. The van der Waals surface area contributed by atoms with Gasteiger partial charge in [-0.1, -0.05) is 62.4 Å². The second-order valence-electron chi connectivity index (χ2n) is 6.11. The van der Waals surface area contributed by atoms with Crippen LogP contribution in [0.25, 0.3) is 11.3 Å². The third-order valence-electron chi connectivity index (χ3n) is 4.01. The van der Waals surface area contributed by atoms with Crippen LogP contribution in [0.15, 0.2) is 60.7 Å². The van der Waals surface area contributed by atoms with Gasteiger partial charge in [-0.15, -0.1) is 0 Å². The predicted octanol–water partition coefficient (Wildman–Crippen LogP) is 4.47. The SMILES string of the molecule is CC(C)c1c(C(=O)Nc2ccccc2)c(O)c(-c2ccccc2)n1O. The first kappa shape index (κ1) is 16.6. The third-order valence-corrected chi connectivity index (χ3v) is 4.01. The summed E-state index contributed by atoms with van der Waals surface area (Å²) in [5.41, 5.74) is 1.91. The number of aromatic hydroxyl groups is 1. The molecule has 0 aliphatic carbocycles. The Balaban J connectivity index is 2.11. The standard InChI is InChI=1S/C20H20N2O3/c1-13(2)17-16(20(24)21-15-11-7-4-8-12-15)19(23)18(22(17)25)14-9-5-3-6-10-14/h3-13,23,25H,1-2H3,(H,21,24). The summed E-state index contributed by atoms with van der Waals surface area (Å²) < 4.78 is 0.912. The zero-order valence-electron chi connectivity index (χ0n) is 14.1. The maximum Gasteiger partial charge on any atom is 0.261 e. The van der Waals surface area contributed by atoms with Crippen LogP contribution in [0.4, 0.5) is 5.69 Å². The Kier molecular flexibility index (Phi) is 4.48. The lowest BCUT2D eigenvalue weighted by atomic mass is 10.0. The summed E-state index contributed by atoms with van der Waals surface area (Å²) in [5, 5.41) is 24.1. The Morgan fingerprint density at radius 2 is 1.56 bits per heavy atom. The number of nitrogens with zero attached hydrogens (tertiary/aromatic N) is 1. The maximum atomic E-state index is 12.8. The maximum absolute atomic E-state index is 12.8. The number of nitrogens with one attached hydrogen (secondary N) is 1. The van der Waals surface area contributed by atoms with Crippen LogP contribution in [0.5, 0.6) is 5.75 Å². The Labute approximate surface area is 146 Å². The van der Waals surface area contributed by atoms with Crippen molar-refractivity contribution in [2.75, 3.05) is 5.32 Å². The molecule has 0 saturated heterocycles. The van der Waals surface area contributed by atoms with Crippen molar-refractivity contribution in [2.24, 2.45) is 0 Å². The molecule has 5 nitrogen and oxygen atoms in total. The first-order valence-corrected chi connectivity index (χ1v) is 8.09. The fourth-order valence-corrected chi connectivity index (χ4v) is 2.89. The van der Waals surface area contributed by atoms with Gasteiger partial charge in [-0.3, -0.25) is 4.79 Å². The molecule has 0 bridgehead atoms. The van der Waals surface area contributed by atoms with Gasteiger partial charge in [0.25, 0.3) is 5.91 Å². The summed E-state index contributed by atoms with van der Waals surface area (Å²) in [5.74, 6) is -0.854. The largest absolute Gasteiger partial charge is 0.505 e. The van der Waals surface area contributed by atoms with Crippen molar-refractivity contribution in [3.05, 3.63) is 71.9 Å². The first-order valence-electron chi connectivity index (χ1n) is 8.09. The number of carbonyl (C=O) groups is 1.